The largest absolute Gasteiger partial charge is 0.393 e. The molecule has 0 aliphatic carbocycles. The Morgan fingerprint density at radius 3 is 2.84 bits per heavy atom. The second-order valence-corrected chi connectivity index (χ2v) is 5.00. The Labute approximate surface area is 112 Å². The lowest BCUT2D eigenvalue weighted by Gasteiger charge is -2.34. The molecule has 1 aliphatic heterocycles. The fourth-order valence-corrected chi connectivity index (χ4v) is 2.44. The van der Waals surface area contributed by atoms with Gasteiger partial charge >= 0.3 is 0 Å². The average molecular weight is 267 g/mol. The van der Waals surface area contributed by atoms with Gasteiger partial charge in [0.05, 0.1) is 12.1 Å². The number of likely N-dealkylation sites (tertiary alicyclic amines) is 1. The Morgan fingerprint density at radius 2 is 2.32 bits per heavy atom. The number of hydrogen-bond acceptors (Lipinski definition) is 5. The van der Waals surface area contributed by atoms with Crippen molar-refractivity contribution in [2.45, 2.75) is 45.3 Å². The van der Waals surface area contributed by atoms with Crippen LogP contribution in [0.2, 0.25) is 0 Å². The van der Waals surface area contributed by atoms with E-state index in [4.69, 9.17) is 4.52 Å². The van der Waals surface area contributed by atoms with Crippen molar-refractivity contribution in [2.24, 2.45) is 0 Å². The topological polar surface area (TPSA) is 78.6 Å². The summed E-state index contributed by atoms with van der Waals surface area (Å²) in [6.45, 7) is 5.28. The molecule has 1 aromatic heterocycles. The van der Waals surface area contributed by atoms with Gasteiger partial charge in [-0.2, -0.15) is 0 Å². The van der Waals surface area contributed by atoms with E-state index in [0.717, 1.165) is 32.4 Å². The monoisotopic (exact) mass is 267 g/mol. The lowest BCUT2D eigenvalue weighted by Crippen LogP contribution is -2.48. The molecule has 2 N–H and O–H groups in total. The third kappa shape index (κ3) is 3.54. The number of hydrogen-bond donors (Lipinski definition) is 2. The Morgan fingerprint density at radius 1 is 1.63 bits per heavy atom. The number of aromatic nitrogens is 1. The fourth-order valence-electron chi connectivity index (χ4n) is 2.44. The van der Waals surface area contributed by atoms with Crippen LogP contribution in [0.5, 0.6) is 0 Å². The summed E-state index contributed by atoms with van der Waals surface area (Å²) < 4.78 is 4.93. The number of aliphatic hydroxyl groups is 1. The summed E-state index contributed by atoms with van der Waals surface area (Å²) in [5, 5.41) is 16.0. The second kappa shape index (κ2) is 6.16. The maximum Gasteiger partial charge on any atom is 0.242 e. The molecule has 106 valence electrons. The van der Waals surface area contributed by atoms with Gasteiger partial charge in [0, 0.05) is 19.2 Å². The number of nitrogens with zero attached hydrogens (tertiary/aromatic N) is 2. The van der Waals surface area contributed by atoms with E-state index >= 15 is 0 Å². The number of carbonyl (C=O) groups is 1. The summed E-state index contributed by atoms with van der Waals surface area (Å²) in [6, 6.07) is 1.52. The smallest absolute Gasteiger partial charge is 0.242 e. The van der Waals surface area contributed by atoms with Crippen molar-refractivity contribution in [3.8, 4) is 0 Å². The van der Waals surface area contributed by atoms with Gasteiger partial charge in [0.15, 0.2) is 5.82 Å². The molecule has 1 amide bonds. The molecular weight excluding hydrogens is 246 g/mol. The highest BCUT2D eigenvalue weighted by Gasteiger charge is 2.28. The molecule has 1 fully saturated rings. The van der Waals surface area contributed by atoms with Crippen molar-refractivity contribution in [2.75, 3.05) is 18.4 Å². The number of rotatable bonds is 4. The molecule has 6 heteroatoms. The lowest BCUT2D eigenvalue weighted by atomic mass is 10.0. The van der Waals surface area contributed by atoms with Crippen LogP contribution in [0.4, 0.5) is 5.82 Å². The van der Waals surface area contributed by atoms with Crippen molar-refractivity contribution in [3.05, 3.63) is 11.8 Å². The minimum Gasteiger partial charge on any atom is -0.393 e. The van der Waals surface area contributed by atoms with Gasteiger partial charge in [-0.3, -0.25) is 9.69 Å². The van der Waals surface area contributed by atoms with E-state index in [1.54, 1.807) is 13.0 Å². The third-order valence-electron chi connectivity index (χ3n) is 3.51. The normalized spacial score (nSPS) is 19.3. The maximum atomic E-state index is 12.2. The van der Waals surface area contributed by atoms with Gasteiger partial charge in [-0.05, 0) is 26.2 Å². The predicted octanol–water partition coefficient (Wildman–Crippen LogP) is 1.16. The summed E-state index contributed by atoms with van der Waals surface area (Å²) in [7, 11) is 0. The van der Waals surface area contributed by atoms with E-state index in [-0.39, 0.29) is 18.1 Å². The number of piperidine rings is 1. The van der Waals surface area contributed by atoms with Crippen LogP contribution in [0, 0.1) is 6.92 Å². The molecule has 2 rings (SSSR count). The van der Waals surface area contributed by atoms with Gasteiger partial charge in [0.1, 0.15) is 5.76 Å². The number of aliphatic hydroxyl groups excluding tert-OH is 1. The van der Waals surface area contributed by atoms with Gasteiger partial charge < -0.3 is 14.9 Å². The molecular formula is C13H21N3O3. The van der Waals surface area contributed by atoms with Gasteiger partial charge in [-0.25, -0.2) is 0 Å². The lowest BCUT2D eigenvalue weighted by molar-refractivity contribution is -0.122. The van der Waals surface area contributed by atoms with Gasteiger partial charge in [0.25, 0.3) is 0 Å². The van der Waals surface area contributed by atoms with E-state index in [1.807, 2.05) is 6.92 Å². The van der Waals surface area contributed by atoms with Crippen LogP contribution in [0.25, 0.3) is 0 Å². The number of nitrogens with one attached hydrogen (secondary N) is 1. The average Bonchev–Trinajstić information content (AvgIpc) is 2.78. The van der Waals surface area contributed by atoms with Crippen molar-refractivity contribution >= 4 is 11.7 Å². The summed E-state index contributed by atoms with van der Waals surface area (Å²) in [5.41, 5.74) is 0. The molecule has 1 saturated heterocycles. The molecule has 6 nitrogen and oxygen atoms in total. The van der Waals surface area contributed by atoms with Crippen LogP contribution in [-0.2, 0) is 4.79 Å². The number of amides is 1. The van der Waals surface area contributed by atoms with Crippen molar-refractivity contribution in [3.63, 3.8) is 0 Å². The Hall–Kier alpha value is -1.40. The van der Waals surface area contributed by atoms with Gasteiger partial charge in [-0.15, -0.1) is 0 Å². The van der Waals surface area contributed by atoms with Gasteiger partial charge in [-0.1, -0.05) is 12.1 Å². The maximum absolute atomic E-state index is 12.2. The van der Waals surface area contributed by atoms with E-state index < -0.39 is 0 Å². The van der Waals surface area contributed by atoms with E-state index in [2.05, 4.69) is 15.4 Å². The SMILES string of the molecule is CCC(C(=O)Nc1cc(C)on1)N1CCC(O)CC1. The third-order valence-corrected chi connectivity index (χ3v) is 3.51. The number of aryl methyl sites for hydroxylation is 1. The highest BCUT2D eigenvalue weighted by atomic mass is 16.5. The molecule has 2 heterocycles. The van der Waals surface area contributed by atoms with E-state index in [0.29, 0.717) is 11.6 Å². The molecule has 1 atom stereocenters. The summed E-state index contributed by atoms with van der Waals surface area (Å²) in [5.74, 6) is 1.06. The molecule has 0 radical (unpaired) electrons. The molecule has 0 spiro atoms. The number of carbonyl (C=O) groups excluding carboxylic acids is 1. The summed E-state index contributed by atoms with van der Waals surface area (Å²) >= 11 is 0. The zero-order valence-corrected chi connectivity index (χ0v) is 11.4. The second-order valence-electron chi connectivity index (χ2n) is 5.00. The molecule has 0 saturated carbocycles. The standard InChI is InChI=1S/C13H21N3O3/c1-3-11(16-6-4-10(17)5-7-16)13(18)14-12-8-9(2)19-15-12/h8,10-11,17H,3-7H2,1-2H3,(H,14,15,18). The van der Waals surface area contributed by atoms with Crippen LogP contribution in [-0.4, -0.2) is 46.3 Å². The molecule has 19 heavy (non-hydrogen) atoms. The first-order valence-electron chi connectivity index (χ1n) is 6.76. The number of anilines is 1. The Kier molecular flexibility index (Phi) is 4.55. The van der Waals surface area contributed by atoms with Crippen LogP contribution in [0.15, 0.2) is 10.6 Å². The Bertz CT molecular complexity index is 425. The summed E-state index contributed by atoms with van der Waals surface area (Å²) in [6.07, 6.45) is 1.97. The zero-order chi connectivity index (χ0) is 13.8. The first kappa shape index (κ1) is 14.0. The van der Waals surface area contributed by atoms with Crippen molar-refractivity contribution in [1.29, 1.82) is 0 Å². The van der Waals surface area contributed by atoms with E-state index in [1.165, 1.54) is 0 Å². The summed E-state index contributed by atoms with van der Waals surface area (Å²) in [4.78, 5) is 14.4. The first-order chi connectivity index (χ1) is 9.10. The molecule has 1 unspecified atom stereocenters. The minimum absolute atomic E-state index is 0.0628. The fraction of sp³-hybridized carbons (Fsp3) is 0.692. The zero-order valence-electron chi connectivity index (χ0n) is 11.4. The highest BCUT2D eigenvalue weighted by Crippen LogP contribution is 2.16. The Balaban J connectivity index is 1.95. The molecule has 1 aromatic rings. The van der Waals surface area contributed by atoms with Crippen LogP contribution < -0.4 is 5.32 Å². The van der Waals surface area contributed by atoms with Gasteiger partial charge in [0.2, 0.25) is 5.91 Å². The first-order valence-corrected chi connectivity index (χ1v) is 6.76. The highest BCUT2D eigenvalue weighted by molar-refractivity contribution is 5.93. The quantitative estimate of drug-likeness (QED) is 0.855. The van der Waals surface area contributed by atoms with Crippen LogP contribution in [0.1, 0.15) is 31.9 Å². The molecule has 0 bridgehead atoms. The molecule has 0 aromatic carbocycles. The van der Waals surface area contributed by atoms with Crippen molar-refractivity contribution < 1.29 is 14.4 Å². The van der Waals surface area contributed by atoms with Crippen LogP contribution >= 0.6 is 0 Å². The van der Waals surface area contributed by atoms with E-state index in [9.17, 15) is 9.90 Å². The van der Waals surface area contributed by atoms with Crippen LogP contribution in [0.3, 0.4) is 0 Å². The predicted molar refractivity (Wildman–Crippen MR) is 70.8 cm³/mol. The molecule has 1 aliphatic rings. The minimum atomic E-state index is -0.227. The van der Waals surface area contributed by atoms with Crippen molar-refractivity contribution in [1.82, 2.24) is 10.1 Å².